The predicted octanol–water partition coefficient (Wildman–Crippen LogP) is 4.30. The van der Waals surface area contributed by atoms with Crippen LogP contribution < -0.4 is 10.6 Å². The van der Waals surface area contributed by atoms with Crippen molar-refractivity contribution in [2.45, 2.75) is 82.6 Å². The number of benzene rings is 1. The van der Waals surface area contributed by atoms with Crippen LogP contribution in [0.4, 0.5) is 5.69 Å². The Morgan fingerprint density at radius 3 is 2.63 bits per heavy atom. The molecule has 5 aliphatic heterocycles. The molecule has 2 N–H and O–H groups in total. The summed E-state index contributed by atoms with van der Waals surface area (Å²) in [6.07, 6.45) is 12.0. The molecule has 0 radical (unpaired) electrons. The van der Waals surface area contributed by atoms with Crippen LogP contribution in [0.1, 0.15) is 79.5 Å². The molecule has 194 valence electrons. The summed E-state index contributed by atoms with van der Waals surface area (Å²) in [5.41, 5.74) is 15.6. The fourth-order valence-electron chi connectivity index (χ4n) is 8.96. The number of nitrogens with two attached hydrogens (primary N) is 1. The van der Waals surface area contributed by atoms with Crippen LogP contribution in [0.25, 0.3) is 0 Å². The van der Waals surface area contributed by atoms with Gasteiger partial charge in [-0.05, 0) is 73.6 Å². The second-order valence-electron chi connectivity index (χ2n) is 12.2. The number of amidine groups is 1. The number of fused-ring (bicyclic) bond motifs is 3. The fourth-order valence-corrected chi connectivity index (χ4v) is 8.96. The van der Waals surface area contributed by atoms with Crippen LogP contribution in [-0.4, -0.2) is 44.3 Å². The quantitative estimate of drug-likeness (QED) is 0.531. The first-order valence-corrected chi connectivity index (χ1v) is 13.9. The highest BCUT2D eigenvalue weighted by atomic mass is 15.4. The van der Waals surface area contributed by atoms with Gasteiger partial charge in [0.25, 0.3) is 0 Å². The molecule has 2 unspecified atom stereocenters. The number of anilines is 1. The smallest absolute Gasteiger partial charge is 0.156 e. The van der Waals surface area contributed by atoms with Crippen LogP contribution in [0, 0.1) is 5.41 Å². The first kappa shape index (κ1) is 22.8. The Morgan fingerprint density at radius 1 is 0.947 bits per heavy atom. The van der Waals surface area contributed by atoms with Crippen LogP contribution in [0.15, 0.2) is 53.8 Å². The van der Waals surface area contributed by atoms with E-state index in [9.17, 15) is 0 Å². The molecule has 3 fully saturated rings. The Hall–Kier alpha value is -3.16. The van der Waals surface area contributed by atoms with E-state index in [2.05, 4.69) is 51.3 Å². The molecule has 6 aliphatic rings. The topological polar surface area (TPSA) is 83.5 Å². The molecule has 5 atom stereocenters. The number of pyridine rings is 1. The van der Waals surface area contributed by atoms with Crippen molar-refractivity contribution in [1.82, 2.24) is 19.9 Å². The molecule has 1 spiro atoms. The SMILES string of the molecule is C.N[C@@H]1c2ccccc2CC12C[C@@H]1CC3(c4cnc5c(n4)CN=C5N4CCCc5ncccc54)C[C@H](C2)N13. The molecule has 7 heterocycles. The van der Waals surface area contributed by atoms with E-state index in [1.54, 1.807) is 0 Å². The molecule has 2 aromatic heterocycles. The molecule has 1 aliphatic carbocycles. The van der Waals surface area contributed by atoms with Gasteiger partial charge in [0.1, 0.15) is 5.69 Å². The van der Waals surface area contributed by atoms with Gasteiger partial charge in [0.15, 0.2) is 5.84 Å². The van der Waals surface area contributed by atoms with Crippen molar-refractivity contribution in [3.8, 4) is 0 Å². The third-order valence-electron chi connectivity index (χ3n) is 10.4. The van der Waals surface area contributed by atoms with E-state index < -0.39 is 0 Å². The third kappa shape index (κ3) is 2.76. The van der Waals surface area contributed by atoms with E-state index in [0.717, 1.165) is 54.4 Å². The molecule has 7 nitrogen and oxygen atoms in total. The van der Waals surface area contributed by atoms with Crippen molar-refractivity contribution in [3.63, 3.8) is 0 Å². The van der Waals surface area contributed by atoms with E-state index in [1.165, 1.54) is 42.5 Å². The Labute approximate surface area is 224 Å². The van der Waals surface area contributed by atoms with Crippen LogP contribution in [0.5, 0.6) is 0 Å². The average Bonchev–Trinajstić information content (AvgIpc) is 3.44. The van der Waals surface area contributed by atoms with Gasteiger partial charge in [0, 0.05) is 30.9 Å². The third-order valence-corrected chi connectivity index (χ3v) is 10.4. The van der Waals surface area contributed by atoms with Gasteiger partial charge in [-0.1, -0.05) is 31.7 Å². The molecule has 3 saturated heterocycles. The molecule has 38 heavy (non-hydrogen) atoms. The van der Waals surface area contributed by atoms with Gasteiger partial charge in [-0.25, -0.2) is 9.97 Å². The largest absolute Gasteiger partial charge is 0.323 e. The van der Waals surface area contributed by atoms with Gasteiger partial charge in [-0.3, -0.25) is 14.9 Å². The van der Waals surface area contributed by atoms with Gasteiger partial charge in [0.2, 0.25) is 0 Å². The summed E-state index contributed by atoms with van der Waals surface area (Å²) < 4.78 is 0. The Bertz CT molecular complexity index is 1480. The Kier molecular flexibility index (Phi) is 4.62. The Morgan fingerprint density at radius 2 is 1.79 bits per heavy atom. The number of aryl methyl sites for hydroxylation is 1. The number of rotatable bonds is 1. The van der Waals surface area contributed by atoms with Crippen molar-refractivity contribution in [2.24, 2.45) is 16.1 Å². The summed E-state index contributed by atoms with van der Waals surface area (Å²) >= 11 is 0. The zero-order valence-electron chi connectivity index (χ0n) is 21.0. The van der Waals surface area contributed by atoms with Crippen LogP contribution in [0.2, 0.25) is 0 Å². The van der Waals surface area contributed by atoms with Gasteiger partial charge >= 0.3 is 0 Å². The van der Waals surface area contributed by atoms with E-state index in [0.29, 0.717) is 18.6 Å². The first-order chi connectivity index (χ1) is 18.2. The van der Waals surface area contributed by atoms with Crippen molar-refractivity contribution in [1.29, 1.82) is 0 Å². The number of hydrogen-bond acceptors (Lipinski definition) is 7. The lowest BCUT2D eigenvalue weighted by Gasteiger charge is -2.74. The second-order valence-corrected chi connectivity index (χ2v) is 12.2. The summed E-state index contributed by atoms with van der Waals surface area (Å²) in [5.74, 6) is 0.966. The van der Waals surface area contributed by atoms with E-state index in [1.807, 2.05) is 12.3 Å². The number of aromatic nitrogens is 3. The minimum atomic E-state index is 0. The summed E-state index contributed by atoms with van der Waals surface area (Å²) in [6.45, 7) is 1.58. The highest BCUT2D eigenvalue weighted by Crippen LogP contribution is 2.67. The van der Waals surface area contributed by atoms with Crippen molar-refractivity contribution in [2.75, 3.05) is 11.4 Å². The standard InChI is InChI=1S/C30H31N7.CH4/c31-27-21-6-2-1-5-18(21)11-29(27)12-19-14-30(15-20(13-29)37(19)30)25-17-33-26-23(35-25)16-34-28(26)36-10-4-7-22-24(36)8-3-9-32-22;/h1-3,5-6,8-9,17,19-20,27H,4,7,10-16,31H2;1H4/t19-,20+,27-,29?,30?;/m1./s1. The van der Waals surface area contributed by atoms with Crippen LogP contribution >= 0.6 is 0 Å². The lowest BCUT2D eigenvalue weighted by Crippen LogP contribution is -2.80. The fraction of sp³-hybridized carbons (Fsp3) is 0.484. The summed E-state index contributed by atoms with van der Waals surface area (Å²) in [7, 11) is 0. The summed E-state index contributed by atoms with van der Waals surface area (Å²) in [5, 5.41) is 0. The minimum Gasteiger partial charge on any atom is -0.323 e. The first-order valence-electron chi connectivity index (χ1n) is 13.9. The second kappa shape index (κ2) is 7.70. The molecular formula is C31H35N7. The highest BCUT2D eigenvalue weighted by molar-refractivity contribution is 6.11. The van der Waals surface area contributed by atoms with Crippen LogP contribution in [0.3, 0.4) is 0 Å². The van der Waals surface area contributed by atoms with Gasteiger partial charge in [0.05, 0.1) is 41.0 Å². The molecule has 0 saturated carbocycles. The average molecular weight is 506 g/mol. The zero-order valence-corrected chi connectivity index (χ0v) is 21.0. The van der Waals surface area contributed by atoms with E-state index in [4.69, 9.17) is 20.7 Å². The maximum absolute atomic E-state index is 6.92. The maximum Gasteiger partial charge on any atom is 0.156 e. The van der Waals surface area contributed by atoms with Crippen molar-refractivity contribution < 1.29 is 0 Å². The van der Waals surface area contributed by atoms with E-state index >= 15 is 0 Å². The maximum atomic E-state index is 6.92. The van der Waals surface area contributed by atoms with Gasteiger partial charge < -0.3 is 10.6 Å². The molecular weight excluding hydrogens is 470 g/mol. The van der Waals surface area contributed by atoms with Crippen LogP contribution in [-0.2, 0) is 24.9 Å². The summed E-state index contributed by atoms with van der Waals surface area (Å²) in [4.78, 5) is 24.8. The molecule has 9 rings (SSSR count). The molecule has 7 heteroatoms. The molecule has 3 aromatic rings. The molecule has 0 amide bonds. The number of hydrogen-bond donors (Lipinski definition) is 1. The summed E-state index contributed by atoms with van der Waals surface area (Å²) in [6, 6.07) is 14.4. The highest BCUT2D eigenvalue weighted by Gasteiger charge is 2.70. The number of nitrogens with zero attached hydrogens (tertiary/aromatic N) is 6. The minimum absolute atomic E-state index is 0. The monoisotopic (exact) mass is 505 g/mol. The lowest BCUT2D eigenvalue weighted by molar-refractivity contribution is -0.253. The van der Waals surface area contributed by atoms with Crippen molar-refractivity contribution in [3.05, 3.63) is 82.7 Å². The van der Waals surface area contributed by atoms with E-state index in [-0.39, 0.29) is 24.4 Å². The van der Waals surface area contributed by atoms with Crippen molar-refractivity contribution >= 4 is 11.5 Å². The number of piperidine rings is 2. The van der Waals surface area contributed by atoms with Gasteiger partial charge in [-0.15, -0.1) is 0 Å². The zero-order chi connectivity index (χ0) is 24.4. The van der Waals surface area contributed by atoms with Gasteiger partial charge in [-0.2, -0.15) is 0 Å². The lowest BCUT2D eigenvalue weighted by atomic mass is 9.52. The molecule has 1 aromatic carbocycles. The molecule has 0 bridgehead atoms. The predicted molar refractivity (Wildman–Crippen MR) is 148 cm³/mol. The Balaban J connectivity index is 0.00000225. The number of aliphatic imine (C=N–C) groups is 1. The normalized spacial score (nSPS) is 33.8.